The molecule has 0 radical (unpaired) electrons. The first-order chi connectivity index (χ1) is 11.0. The van der Waals surface area contributed by atoms with E-state index in [1.807, 2.05) is 19.9 Å². The average molecular weight is 318 g/mol. The van der Waals surface area contributed by atoms with E-state index < -0.39 is 11.7 Å². The van der Waals surface area contributed by atoms with E-state index in [9.17, 15) is 8.78 Å². The van der Waals surface area contributed by atoms with Gasteiger partial charge in [0.1, 0.15) is 5.83 Å². The zero-order valence-corrected chi connectivity index (χ0v) is 14.8. The Morgan fingerprint density at radius 1 is 1.13 bits per heavy atom. The van der Waals surface area contributed by atoms with Crippen LogP contribution in [-0.2, 0) is 0 Å². The van der Waals surface area contributed by atoms with Gasteiger partial charge in [0.25, 0.3) is 0 Å². The van der Waals surface area contributed by atoms with Gasteiger partial charge in [-0.2, -0.15) is 0 Å². The molecule has 0 amide bonds. The fraction of sp³-hybridized carbons (Fsp3) is 0.429. The normalized spacial score (nSPS) is 18.9. The molecule has 0 unspecified atom stereocenters. The van der Waals surface area contributed by atoms with E-state index in [1.165, 1.54) is 17.2 Å². The van der Waals surface area contributed by atoms with Crippen molar-refractivity contribution in [3.8, 4) is 0 Å². The number of hydrogen-bond acceptors (Lipinski definition) is 0. The molecule has 1 fully saturated rings. The van der Waals surface area contributed by atoms with E-state index >= 15 is 0 Å². The molecule has 1 rings (SSSR count). The molecule has 23 heavy (non-hydrogen) atoms. The van der Waals surface area contributed by atoms with Gasteiger partial charge in [0.05, 0.1) is 0 Å². The lowest BCUT2D eigenvalue weighted by molar-refractivity contribution is 0.555. The Morgan fingerprint density at radius 3 is 2.17 bits per heavy atom. The van der Waals surface area contributed by atoms with Crippen molar-refractivity contribution in [2.24, 2.45) is 5.92 Å². The van der Waals surface area contributed by atoms with Crippen LogP contribution in [0.5, 0.6) is 0 Å². The number of allylic oxidation sites excluding steroid dienone is 11. The summed E-state index contributed by atoms with van der Waals surface area (Å²) < 4.78 is 26.8. The first-order valence-electron chi connectivity index (χ1n) is 8.41. The van der Waals surface area contributed by atoms with Crippen molar-refractivity contribution in [2.45, 2.75) is 53.4 Å². The topological polar surface area (TPSA) is 0 Å². The monoisotopic (exact) mass is 318 g/mol. The summed E-state index contributed by atoms with van der Waals surface area (Å²) in [6.07, 6.45) is 13.3. The first-order valence-corrected chi connectivity index (χ1v) is 8.41. The maximum atomic E-state index is 13.7. The van der Waals surface area contributed by atoms with Gasteiger partial charge in [0, 0.05) is 0 Å². The number of rotatable bonds is 8. The molecule has 0 saturated heterocycles. The summed E-state index contributed by atoms with van der Waals surface area (Å²) in [6, 6.07) is 0. The van der Waals surface area contributed by atoms with Gasteiger partial charge in [0.2, 0.25) is 0 Å². The molecule has 0 aromatic heterocycles. The van der Waals surface area contributed by atoms with Crippen LogP contribution in [0.1, 0.15) is 53.4 Å². The van der Waals surface area contributed by atoms with Gasteiger partial charge in [-0.25, -0.2) is 8.78 Å². The average Bonchev–Trinajstić information content (AvgIpc) is 3.36. The highest BCUT2D eigenvalue weighted by molar-refractivity contribution is 5.50. The molecular formula is C21H28F2. The predicted molar refractivity (Wildman–Crippen MR) is 96.4 cm³/mol. The molecule has 0 aromatic carbocycles. The molecule has 1 aliphatic carbocycles. The van der Waals surface area contributed by atoms with E-state index in [2.05, 4.69) is 25.7 Å². The summed E-state index contributed by atoms with van der Waals surface area (Å²) in [4.78, 5) is 0. The van der Waals surface area contributed by atoms with Gasteiger partial charge in [-0.1, -0.05) is 44.7 Å². The van der Waals surface area contributed by atoms with Crippen LogP contribution in [0.4, 0.5) is 8.78 Å². The largest absolute Gasteiger partial charge is 0.209 e. The third kappa shape index (κ3) is 5.78. The smallest absolute Gasteiger partial charge is 0.154 e. The van der Waals surface area contributed by atoms with Gasteiger partial charge >= 0.3 is 0 Å². The van der Waals surface area contributed by atoms with Crippen LogP contribution in [-0.4, -0.2) is 0 Å². The van der Waals surface area contributed by atoms with E-state index in [0.717, 1.165) is 38.2 Å². The molecule has 1 aliphatic rings. The second-order valence-corrected chi connectivity index (χ2v) is 5.82. The molecule has 2 heteroatoms. The van der Waals surface area contributed by atoms with Crippen molar-refractivity contribution in [3.05, 3.63) is 70.9 Å². The highest BCUT2D eigenvalue weighted by atomic mass is 19.2. The molecule has 0 heterocycles. The second kappa shape index (κ2) is 9.44. The zero-order valence-electron chi connectivity index (χ0n) is 14.8. The molecule has 0 N–H and O–H groups in total. The van der Waals surface area contributed by atoms with Crippen molar-refractivity contribution in [1.29, 1.82) is 0 Å². The summed E-state index contributed by atoms with van der Waals surface area (Å²) in [5, 5.41) is 0. The van der Waals surface area contributed by atoms with Gasteiger partial charge in [0.15, 0.2) is 5.83 Å². The maximum Gasteiger partial charge on any atom is 0.154 e. The van der Waals surface area contributed by atoms with Crippen LogP contribution in [0.25, 0.3) is 0 Å². The van der Waals surface area contributed by atoms with Gasteiger partial charge < -0.3 is 0 Å². The molecule has 0 nitrogen and oxygen atoms in total. The Balaban J connectivity index is 3.45. The fourth-order valence-corrected chi connectivity index (χ4v) is 2.61. The van der Waals surface area contributed by atoms with Gasteiger partial charge in [-0.15, -0.1) is 0 Å². The highest BCUT2D eigenvalue weighted by Gasteiger charge is 2.27. The fourth-order valence-electron chi connectivity index (χ4n) is 2.61. The standard InChI is InChI=1S/C21H28F2/c1-6-10-16(7-2)13-20(18-11-12-18)19(9-4)17(8-3)14-21(23)15(5)22/h6,8,10,13-14,18H,3,7,9,11-12H2,1-2,4-5H3/b10-6+,16-13-,17-14+,20-19-,21-15-. The van der Waals surface area contributed by atoms with Gasteiger partial charge in [-0.05, 0) is 73.8 Å². The molecule has 1 saturated carbocycles. The minimum Gasteiger partial charge on any atom is -0.209 e. The Hall–Kier alpha value is -1.70. The summed E-state index contributed by atoms with van der Waals surface area (Å²) in [7, 11) is 0. The van der Waals surface area contributed by atoms with Crippen LogP contribution in [0.3, 0.4) is 0 Å². The first kappa shape index (κ1) is 19.3. The molecule has 0 aromatic rings. The minimum atomic E-state index is -0.825. The van der Waals surface area contributed by atoms with E-state index in [1.54, 1.807) is 6.08 Å². The summed E-state index contributed by atoms with van der Waals surface area (Å²) in [6.45, 7) is 11.1. The minimum absolute atomic E-state index is 0.527. The van der Waals surface area contributed by atoms with E-state index in [0.29, 0.717) is 11.5 Å². The predicted octanol–water partition coefficient (Wildman–Crippen LogP) is 7.30. The molecule has 0 aliphatic heterocycles. The van der Waals surface area contributed by atoms with Crippen LogP contribution in [0.15, 0.2) is 70.9 Å². The van der Waals surface area contributed by atoms with Crippen molar-refractivity contribution in [3.63, 3.8) is 0 Å². The second-order valence-electron chi connectivity index (χ2n) is 5.82. The Kier molecular flexibility index (Phi) is 7.94. The van der Waals surface area contributed by atoms with Crippen LogP contribution >= 0.6 is 0 Å². The zero-order chi connectivity index (χ0) is 17.4. The summed E-state index contributed by atoms with van der Waals surface area (Å²) in [5.74, 6) is -1.10. The lowest BCUT2D eigenvalue weighted by Gasteiger charge is -2.13. The van der Waals surface area contributed by atoms with E-state index in [-0.39, 0.29) is 0 Å². The lowest BCUT2D eigenvalue weighted by atomic mass is 9.92. The van der Waals surface area contributed by atoms with Crippen molar-refractivity contribution in [2.75, 3.05) is 0 Å². The summed E-state index contributed by atoms with van der Waals surface area (Å²) >= 11 is 0. The highest BCUT2D eigenvalue weighted by Crippen LogP contribution is 2.42. The van der Waals surface area contributed by atoms with Crippen molar-refractivity contribution in [1.82, 2.24) is 0 Å². The molecule has 0 spiro atoms. The molecule has 126 valence electrons. The Bertz CT molecular complexity index is 575. The maximum absolute atomic E-state index is 13.7. The quantitative estimate of drug-likeness (QED) is 0.412. The lowest BCUT2D eigenvalue weighted by Crippen LogP contribution is -1.96. The SMILES string of the molecule is C=CC(=C\C(F)=C(/C)F)/C(CC)=C(/C=C(\C=C\C)CC)C1CC1. The number of halogens is 2. The molecule has 0 atom stereocenters. The van der Waals surface area contributed by atoms with Crippen molar-refractivity contribution < 1.29 is 8.78 Å². The Labute approximate surface area is 139 Å². The van der Waals surface area contributed by atoms with Crippen LogP contribution in [0, 0.1) is 5.92 Å². The van der Waals surface area contributed by atoms with Crippen molar-refractivity contribution >= 4 is 0 Å². The van der Waals surface area contributed by atoms with Gasteiger partial charge in [-0.3, -0.25) is 0 Å². The number of hydrogen-bond donors (Lipinski definition) is 0. The third-order valence-electron chi connectivity index (χ3n) is 4.03. The molecule has 0 bridgehead atoms. The van der Waals surface area contributed by atoms with Crippen LogP contribution < -0.4 is 0 Å². The molecular weight excluding hydrogens is 290 g/mol. The summed E-state index contributed by atoms with van der Waals surface area (Å²) in [5.41, 5.74) is 4.24. The third-order valence-corrected chi connectivity index (χ3v) is 4.03. The van der Waals surface area contributed by atoms with Crippen LogP contribution in [0.2, 0.25) is 0 Å². The Morgan fingerprint density at radius 2 is 1.78 bits per heavy atom. The van der Waals surface area contributed by atoms with E-state index in [4.69, 9.17) is 0 Å².